The molecule has 9 heteroatoms. The summed E-state index contributed by atoms with van der Waals surface area (Å²) in [7, 11) is 0. The van der Waals surface area contributed by atoms with Crippen molar-refractivity contribution < 1.29 is 42.9 Å². The lowest BCUT2D eigenvalue weighted by Crippen LogP contribution is -2.42. The number of carbonyl (C=O) groups excluding carboxylic acids is 4. The fourth-order valence-electron chi connectivity index (χ4n) is 3.70. The molecule has 0 aliphatic carbocycles. The predicted octanol–water partition coefficient (Wildman–Crippen LogP) is 3.58. The van der Waals surface area contributed by atoms with Crippen LogP contribution in [0.3, 0.4) is 0 Å². The van der Waals surface area contributed by atoms with Gasteiger partial charge < -0.3 is 23.7 Å². The van der Waals surface area contributed by atoms with Crippen molar-refractivity contribution in [3.8, 4) is 0 Å². The molecule has 4 rings (SSSR count). The molecule has 1 unspecified atom stereocenters. The Kier molecular flexibility index (Phi) is 8.27. The maximum Gasteiger partial charge on any atom is 0.338 e. The van der Waals surface area contributed by atoms with Gasteiger partial charge in [-0.05, 0) is 36.4 Å². The average molecular weight is 504 g/mol. The molecule has 3 aromatic carbocycles. The molecule has 1 aliphatic rings. The van der Waals surface area contributed by atoms with Crippen molar-refractivity contribution >= 4 is 23.9 Å². The third-order valence-corrected chi connectivity index (χ3v) is 5.44. The summed E-state index contributed by atoms with van der Waals surface area (Å²) in [5.74, 6) is -2.81. The predicted molar refractivity (Wildman–Crippen MR) is 128 cm³/mol. The van der Waals surface area contributed by atoms with Gasteiger partial charge in [-0.25, -0.2) is 14.4 Å². The first kappa shape index (κ1) is 25.6. The van der Waals surface area contributed by atoms with Crippen molar-refractivity contribution in [1.82, 2.24) is 0 Å². The summed E-state index contributed by atoms with van der Waals surface area (Å²) in [4.78, 5) is 50.0. The van der Waals surface area contributed by atoms with E-state index in [0.717, 1.165) is 6.92 Å². The molecule has 0 bridgehead atoms. The Morgan fingerprint density at radius 3 is 1.51 bits per heavy atom. The second kappa shape index (κ2) is 12.0. The second-order valence-electron chi connectivity index (χ2n) is 8.09. The van der Waals surface area contributed by atoms with Crippen molar-refractivity contribution in [1.29, 1.82) is 0 Å². The lowest BCUT2D eigenvalue weighted by molar-refractivity contribution is -0.187. The van der Waals surface area contributed by atoms with Crippen LogP contribution >= 0.6 is 0 Å². The van der Waals surface area contributed by atoms with E-state index in [-0.39, 0.29) is 17.7 Å². The van der Waals surface area contributed by atoms with E-state index in [1.807, 2.05) is 0 Å². The molecule has 1 fully saturated rings. The Bertz CT molecular complexity index is 1230. The molecule has 0 spiro atoms. The molecule has 1 aliphatic heterocycles. The number of benzene rings is 3. The van der Waals surface area contributed by atoms with Crippen LogP contribution < -0.4 is 0 Å². The van der Waals surface area contributed by atoms with Crippen LogP contribution in [-0.4, -0.2) is 55.1 Å². The van der Waals surface area contributed by atoms with Gasteiger partial charge in [-0.15, -0.1) is 0 Å². The third kappa shape index (κ3) is 6.59. The zero-order valence-electron chi connectivity index (χ0n) is 19.9. The van der Waals surface area contributed by atoms with Crippen molar-refractivity contribution in [2.24, 2.45) is 0 Å². The zero-order valence-corrected chi connectivity index (χ0v) is 19.9. The third-order valence-electron chi connectivity index (χ3n) is 5.44. The molecule has 37 heavy (non-hydrogen) atoms. The Balaban J connectivity index is 1.58. The van der Waals surface area contributed by atoms with E-state index in [2.05, 4.69) is 0 Å². The quantitative estimate of drug-likeness (QED) is 0.335. The SMILES string of the molecule is CC(=O)OC1O[C@H](COC(=O)c2ccccc2)[C@H](OC(=O)c2ccccc2)[C@@H]1OC(=O)c1ccccc1. The van der Waals surface area contributed by atoms with E-state index in [1.54, 1.807) is 91.0 Å². The van der Waals surface area contributed by atoms with Gasteiger partial charge in [0.2, 0.25) is 12.4 Å². The molecular weight excluding hydrogens is 480 g/mol. The fraction of sp³-hybridized carbons (Fsp3) is 0.214. The molecule has 190 valence electrons. The first-order chi connectivity index (χ1) is 17.9. The van der Waals surface area contributed by atoms with E-state index < -0.39 is 48.5 Å². The second-order valence-corrected chi connectivity index (χ2v) is 8.09. The highest BCUT2D eigenvalue weighted by atomic mass is 16.8. The van der Waals surface area contributed by atoms with Gasteiger partial charge in [0.1, 0.15) is 12.7 Å². The maximum absolute atomic E-state index is 12.9. The summed E-state index contributed by atoms with van der Waals surface area (Å²) in [6, 6.07) is 24.6. The van der Waals surface area contributed by atoms with Crippen LogP contribution in [0.15, 0.2) is 91.0 Å². The van der Waals surface area contributed by atoms with Gasteiger partial charge in [-0.1, -0.05) is 54.6 Å². The summed E-state index contributed by atoms with van der Waals surface area (Å²) in [5.41, 5.74) is 0.782. The van der Waals surface area contributed by atoms with Gasteiger partial charge in [-0.2, -0.15) is 0 Å². The number of esters is 4. The minimum atomic E-state index is -1.40. The fourth-order valence-corrected chi connectivity index (χ4v) is 3.70. The summed E-state index contributed by atoms with van der Waals surface area (Å²) in [6.07, 6.45) is -5.09. The van der Waals surface area contributed by atoms with Gasteiger partial charge >= 0.3 is 23.9 Å². The first-order valence-corrected chi connectivity index (χ1v) is 11.5. The number of hydrogen-bond acceptors (Lipinski definition) is 9. The number of ether oxygens (including phenoxy) is 5. The van der Waals surface area contributed by atoms with Crippen LogP contribution in [0, 0.1) is 0 Å². The Morgan fingerprint density at radius 1 is 0.622 bits per heavy atom. The van der Waals surface area contributed by atoms with E-state index >= 15 is 0 Å². The van der Waals surface area contributed by atoms with Gasteiger partial charge in [0.05, 0.1) is 16.7 Å². The average Bonchev–Trinajstić information content (AvgIpc) is 3.23. The number of rotatable bonds is 8. The Morgan fingerprint density at radius 2 is 1.05 bits per heavy atom. The van der Waals surface area contributed by atoms with Gasteiger partial charge in [0, 0.05) is 6.92 Å². The minimum absolute atomic E-state index is 0.233. The molecule has 3 aromatic rings. The maximum atomic E-state index is 12.9. The van der Waals surface area contributed by atoms with Crippen LogP contribution in [0.4, 0.5) is 0 Å². The molecule has 0 aromatic heterocycles. The topological polar surface area (TPSA) is 114 Å². The number of hydrogen-bond donors (Lipinski definition) is 0. The van der Waals surface area contributed by atoms with E-state index in [0.29, 0.717) is 5.56 Å². The smallest absolute Gasteiger partial charge is 0.338 e. The summed E-state index contributed by atoms with van der Waals surface area (Å²) < 4.78 is 27.7. The molecule has 0 radical (unpaired) electrons. The van der Waals surface area contributed by atoms with Gasteiger partial charge in [-0.3, -0.25) is 4.79 Å². The van der Waals surface area contributed by atoms with E-state index in [9.17, 15) is 19.2 Å². The Hall–Kier alpha value is -4.50. The first-order valence-electron chi connectivity index (χ1n) is 11.5. The van der Waals surface area contributed by atoms with Crippen molar-refractivity contribution in [3.05, 3.63) is 108 Å². The molecule has 1 saturated heterocycles. The van der Waals surface area contributed by atoms with Crippen LogP contribution in [0.5, 0.6) is 0 Å². The molecule has 4 atom stereocenters. The van der Waals surface area contributed by atoms with Crippen molar-refractivity contribution in [2.45, 2.75) is 31.5 Å². The van der Waals surface area contributed by atoms with E-state index in [1.165, 1.54) is 0 Å². The lowest BCUT2D eigenvalue weighted by Gasteiger charge is -2.24. The van der Waals surface area contributed by atoms with Gasteiger partial charge in [0.15, 0.2) is 6.10 Å². The molecule has 0 amide bonds. The van der Waals surface area contributed by atoms with Crippen LogP contribution in [0.2, 0.25) is 0 Å². The summed E-state index contributed by atoms with van der Waals surface area (Å²) >= 11 is 0. The van der Waals surface area contributed by atoms with Crippen LogP contribution in [-0.2, 0) is 28.5 Å². The van der Waals surface area contributed by atoms with Crippen molar-refractivity contribution in [2.75, 3.05) is 6.61 Å². The highest BCUT2D eigenvalue weighted by Gasteiger charge is 2.52. The summed E-state index contributed by atoms with van der Waals surface area (Å²) in [5, 5.41) is 0. The minimum Gasteiger partial charge on any atom is -0.459 e. The highest BCUT2D eigenvalue weighted by Crippen LogP contribution is 2.30. The molecule has 0 N–H and O–H groups in total. The molecule has 1 heterocycles. The standard InChI is InChI=1S/C28H24O9/c1-18(29)34-28-24(37-27(32)21-15-9-4-10-16-21)23(36-26(31)20-13-7-3-8-14-20)22(35-28)17-33-25(30)19-11-5-2-6-12-19/h2-16,22-24,28H,17H2,1H3/t22-,23+,24+,28?/m1/s1. The number of carbonyl (C=O) groups is 4. The molecular formula is C28H24O9. The van der Waals surface area contributed by atoms with E-state index in [4.69, 9.17) is 23.7 Å². The van der Waals surface area contributed by atoms with Crippen LogP contribution in [0.25, 0.3) is 0 Å². The zero-order chi connectivity index (χ0) is 26.2. The largest absolute Gasteiger partial charge is 0.459 e. The van der Waals surface area contributed by atoms with Gasteiger partial charge in [0.25, 0.3) is 0 Å². The van der Waals surface area contributed by atoms with Crippen LogP contribution in [0.1, 0.15) is 38.0 Å². The molecule has 9 nitrogen and oxygen atoms in total. The monoisotopic (exact) mass is 504 g/mol. The highest BCUT2D eigenvalue weighted by molar-refractivity contribution is 5.91. The normalized spacial score (nSPS) is 20.5. The molecule has 0 saturated carbocycles. The lowest BCUT2D eigenvalue weighted by atomic mass is 10.1. The Labute approximate surface area is 212 Å². The van der Waals surface area contributed by atoms with Crippen molar-refractivity contribution in [3.63, 3.8) is 0 Å². The summed E-state index contributed by atoms with van der Waals surface area (Å²) in [6.45, 7) is 0.796.